The molecule has 1 aliphatic carbocycles. The maximum absolute atomic E-state index is 13.5. The van der Waals surface area contributed by atoms with Gasteiger partial charge in [0.2, 0.25) is 0 Å². The number of carboxylic acids is 1. The fraction of sp³-hybridized carbons (Fsp3) is 0.281. The van der Waals surface area contributed by atoms with E-state index >= 15 is 0 Å². The molecule has 0 fully saturated rings. The Morgan fingerprint density at radius 1 is 0.467 bits per heavy atom. The number of fused-ring (bicyclic) bond motifs is 5. The molecule has 532 valence electrons. The summed E-state index contributed by atoms with van der Waals surface area (Å²) < 4.78 is 39.7. The van der Waals surface area contributed by atoms with E-state index in [1.54, 1.807) is 19.2 Å². The second-order valence-corrected chi connectivity index (χ2v) is 28.0. The van der Waals surface area contributed by atoms with Crippen LogP contribution in [0.25, 0.3) is 43.8 Å². The molecule has 14 nitrogen and oxygen atoms in total. The molecule has 0 amide bonds. The summed E-state index contributed by atoms with van der Waals surface area (Å²) in [5, 5.41) is 26.9. The predicted octanol–water partition coefficient (Wildman–Crippen LogP) is 11.4. The van der Waals surface area contributed by atoms with Gasteiger partial charge in [0.15, 0.2) is 0 Å². The van der Waals surface area contributed by atoms with Crippen molar-refractivity contribution in [1.29, 1.82) is 0 Å². The SMILES string of the molecule is COCCOCCOCCOc1ccc(C2(c3ccc(COCCOCCOCCO)c([C-]=O)c3)c3cc(C)ccc3-c3ccc(-c4ccc(N(c5ccc(C(C)(C)C)cc5)c5c6ccccc6c(N(c6ccc(C)cc6)c6ccc(C(C)(C)C)cc6)c6ccccc56)cc4)cc32)cc1C(=O)[O-].[Cs+].[Cs+].[OH-]. The fourth-order valence-electron chi connectivity index (χ4n) is 13.9. The number of nitrogens with zero attached hydrogens (tertiary/aromatic N) is 2. The molecule has 1 unspecified atom stereocenters. The van der Waals surface area contributed by atoms with Gasteiger partial charge in [0, 0.05) is 63.6 Å². The average Bonchev–Trinajstić information content (AvgIpc) is 1.64. The first-order valence-corrected chi connectivity index (χ1v) is 35.1. The van der Waals surface area contributed by atoms with Crippen LogP contribution in [0.2, 0.25) is 0 Å². The summed E-state index contributed by atoms with van der Waals surface area (Å²) in [6.07, 6.45) is 2.24. The fourth-order valence-corrected chi connectivity index (χ4v) is 13.9. The molecule has 0 aromatic heterocycles. The van der Waals surface area contributed by atoms with Gasteiger partial charge >= 0.3 is 138 Å². The number of hydrogen-bond acceptors (Lipinski definition) is 14. The normalized spacial score (nSPS) is 13.1. The molecule has 11 aromatic rings. The van der Waals surface area contributed by atoms with Crippen molar-refractivity contribution in [2.45, 2.75) is 78.2 Å². The third-order valence-corrected chi connectivity index (χ3v) is 19.2. The third-order valence-electron chi connectivity index (χ3n) is 19.2. The maximum atomic E-state index is 13.5. The van der Waals surface area contributed by atoms with Gasteiger partial charge in [0.05, 0.1) is 102 Å². The first-order chi connectivity index (χ1) is 49.4. The molecule has 0 saturated carbocycles. The molecule has 0 aliphatic heterocycles. The van der Waals surface area contributed by atoms with Gasteiger partial charge in [0.1, 0.15) is 12.4 Å². The van der Waals surface area contributed by atoms with Gasteiger partial charge < -0.3 is 68.2 Å². The number of carbonyl (C=O) groups excluding carboxylic acids is 2. The smallest absolute Gasteiger partial charge is 0.870 e. The summed E-state index contributed by atoms with van der Waals surface area (Å²) in [4.78, 5) is 31.7. The Morgan fingerprint density at radius 2 is 0.886 bits per heavy atom. The van der Waals surface area contributed by atoms with E-state index in [9.17, 15) is 14.7 Å². The van der Waals surface area contributed by atoms with Gasteiger partial charge in [0.25, 0.3) is 0 Å². The molecule has 1 atom stereocenters. The molecular formula is C89H91Cs2N2O12-. The Labute approximate surface area is 735 Å². The summed E-state index contributed by atoms with van der Waals surface area (Å²) in [5.74, 6) is -1.28. The molecular weight excluding hydrogens is 1550 g/mol. The van der Waals surface area contributed by atoms with Crippen molar-refractivity contribution in [3.05, 3.63) is 280 Å². The van der Waals surface area contributed by atoms with E-state index in [0.717, 1.165) is 94.6 Å². The Balaban J connectivity index is 0.00000426. The minimum absolute atomic E-state index is 0. The number of benzene rings is 11. The van der Waals surface area contributed by atoms with Gasteiger partial charge in [-0.1, -0.05) is 198 Å². The Kier molecular flexibility index (Phi) is 30.2. The Morgan fingerprint density at radius 3 is 1.37 bits per heavy atom. The summed E-state index contributed by atoms with van der Waals surface area (Å²) in [7, 11) is 1.62. The summed E-state index contributed by atoms with van der Waals surface area (Å²) in [5.41, 5.74) is 17.2. The van der Waals surface area contributed by atoms with Crippen LogP contribution in [-0.2, 0) is 56.1 Å². The quantitative estimate of drug-likeness (QED) is 0.0188. The second kappa shape index (κ2) is 38.1. The van der Waals surface area contributed by atoms with E-state index in [1.807, 2.05) is 31.2 Å². The largest absolute Gasteiger partial charge is 1.00 e. The number of aromatic carboxylic acids is 1. The number of aliphatic hydroxyl groups is 1. The van der Waals surface area contributed by atoms with Crippen LogP contribution < -0.4 is 157 Å². The van der Waals surface area contributed by atoms with E-state index in [1.165, 1.54) is 16.7 Å². The molecule has 1 aliphatic rings. The zero-order chi connectivity index (χ0) is 71.5. The molecule has 12 rings (SSSR count). The zero-order valence-corrected chi connectivity index (χ0v) is 74.9. The van der Waals surface area contributed by atoms with Crippen molar-refractivity contribution in [1.82, 2.24) is 0 Å². The monoisotopic (exact) mass is 1650 g/mol. The number of hydrogen-bond donors (Lipinski definition) is 1. The molecule has 105 heavy (non-hydrogen) atoms. The number of rotatable bonds is 31. The molecule has 0 heterocycles. The van der Waals surface area contributed by atoms with Crippen LogP contribution in [0.3, 0.4) is 0 Å². The van der Waals surface area contributed by atoms with E-state index in [-0.39, 0.29) is 205 Å². The standard InChI is InChI=1S/C89H91N2O11.2Cs.H2O/c1-60-18-31-70(32-19-60)90(72-35-26-66(27-36-72)87(3,4)5)84-76-14-10-12-16-78(76)85(79-17-13-11-15-77(79)84)91(73-37-28-67(29-38-73)88(6,7)8)71-33-22-62(23-34-71)63-24-40-75-74-39-20-61(2)54-81(74)89(82(75)56-63,68-25-21-64(65(55-68)58-93)59-101-51-50-99-47-46-97-43-42-92)69-30-41-83(80(57-69)86(94)95)102-53-52-100-49-48-98-45-44-96-9;;;/h10-41,54-57,92H,42-53,59H2,1-9H3,(H,94,95);;;1H2/q-1;2*+1;/p-2. The van der Waals surface area contributed by atoms with Crippen LogP contribution in [0.15, 0.2) is 218 Å². The minimum Gasteiger partial charge on any atom is -0.870 e. The first kappa shape index (κ1) is 83.3. The van der Waals surface area contributed by atoms with E-state index in [4.69, 9.17) is 38.3 Å². The number of carbonyl (C=O) groups is 1. The van der Waals surface area contributed by atoms with Gasteiger partial charge in [-0.2, -0.15) is 6.07 Å². The Bertz CT molecular complexity index is 4690. The van der Waals surface area contributed by atoms with Crippen LogP contribution >= 0.6 is 0 Å². The van der Waals surface area contributed by atoms with Crippen LogP contribution in [0, 0.1) is 13.8 Å². The van der Waals surface area contributed by atoms with Crippen molar-refractivity contribution in [3.8, 4) is 28.0 Å². The van der Waals surface area contributed by atoms with Crippen LogP contribution in [0.5, 0.6) is 5.75 Å². The second-order valence-electron chi connectivity index (χ2n) is 28.0. The van der Waals surface area contributed by atoms with Crippen molar-refractivity contribution in [2.75, 3.05) is 96.2 Å². The number of aliphatic hydroxyl groups excluding tert-OH is 1. The van der Waals surface area contributed by atoms with Crippen LogP contribution in [0.4, 0.5) is 34.1 Å². The maximum Gasteiger partial charge on any atom is 1.00 e. The number of aryl methyl sites for hydroxylation is 2. The van der Waals surface area contributed by atoms with Gasteiger partial charge in [-0.05, 0) is 141 Å². The summed E-state index contributed by atoms with van der Waals surface area (Å²) in [6, 6.07) is 77.1. The van der Waals surface area contributed by atoms with E-state index < -0.39 is 11.4 Å². The van der Waals surface area contributed by atoms with Crippen molar-refractivity contribution >= 4 is 67.9 Å². The summed E-state index contributed by atoms with van der Waals surface area (Å²) >= 11 is 0. The molecule has 0 saturated heterocycles. The average molecular weight is 1650 g/mol. The van der Waals surface area contributed by atoms with Crippen LogP contribution in [-0.4, -0.2) is 109 Å². The molecule has 16 heteroatoms. The predicted molar refractivity (Wildman–Crippen MR) is 409 cm³/mol. The molecule has 0 radical (unpaired) electrons. The molecule has 2 N–H and O–H groups in total. The third kappa shape index (κ3) is 18.8. The molecule has 0 spiro atoms. The van der Waals surface area contributed by atoms with Gasteiger partial charge in [-0.25, -0.2) is 0 Å². The topological polar surface area (TPSA) is 179 Å². The van der Waals surface area contributed by atoms with E-state index in [2.05, 4.69) is 247 Å². The molecule has 11 aromatic carbocycles. The Hall–Kier alpha value is -5.74. The van der Waals surface area contributed by atoms with Gasteiger partial charge in [-0.3, -0.25) is 0 Å². The van der Waals surface area contributed by atoms with Crippen molar-refractivity contribution < 1.29 is 196 Å². The van der Waals surface area contributed by atoms with Crippen LogP contribution in [0.1, 0.15) is 108 Å². The number of methoxy groups -OCH3 is 1. The van der Waals surface area contributed by atoms with Gasteiger partial charge in [-0.15, -0.1) is 17.2 Å². The molecule has 0 bridgehead atoms. The van der Waals surface area contributed by atoms with Crippen molar-refractivity contribution in [3.63, 3.8) is 0 Å². The number of anilines is 6. The van der Waals surface area contributed by atoms with Crippen molar-refractivity contribution in [2.24, 2.45) is 0 Å². The number of carboxylic acid groups (broad SMARTS) is 1. The minimum atomic E-state index is -1.41. The first-order valence-electron chi connectivity index (χ1n) is 35.1. The van der Waals surface area contributed by atoms with E-state index in [0.29, 0.717) is 68.5 Å². The number of ether oxygens (including phenoxy) is 7. The summed E-state index contributed by atoms with van der Waals surface area (Å²) in [6.45, 7) is 21.1. The zero-order valence-electron chi connectivity index (χ0n) is 62.3.